The van der Waals surface area contributed by atoms with Crippen LogP contribution in [0, 0.1) is 6.92 Å². The van der Waals surface area contributed by atoms with E-state index in [1.165, 1.54) is 77.1 Å². The van der Waals surface area contributed by atoms with Crippen molar-refractivity contribution in [2.45, 2.75) is 6.92 Å². The summed E-state index contributed by atoms with van der Waals surface area (Å²) >= 11 is 0. The normalized spacial score (nSPS) is 11.5. The molecule has 58 heavy (non-hydrogen) atoms. The Kier molecular flexibility index (Phi) is 8.04. The summed E-state index contributed by atoms with van der Waals surface area (Å²) in [5.41, 5.74) is 16.6. The van der Waals surface area contributed by atoms with Crippen molar-refractivity contribution in [2.75, 3.05) is 4.90 Å². The number of hydrogen-bond donors (Lipinski definition) is 0. The predicted octanol–water partition coefficient (Wildman–Crippen LogP) is 15.0. The first kappa shape index (κ1) is 33.7. The van der Waals surface area contributed by atoms with E-state index in [9.17, 15) is 0 Å². The van der Waals surface area contributed by atoms with E-state index in [2.05, 4.69) is 239 Å². The third-order valence-electron chi connectivity index (χ3n) is 11.6. The van der Waals surface area contributed by atoms with Gasteiger partial charge in [-0.3, -0.25) is 0 Å². The molecular weight excluding hydrogens is 703 g/mol. The zero-order valence-electron chi connectivity index (χ0n) is 32.1. The third-order valence-corrected chi connectivity index (χ3v) is 11.6. The summed E-state index contributed by atoms with van der Waals surface area (Å²) in [6, 6.07) is 79.2. The second-order valence-electron chi connectivity index (χ2n) is 15.1. The molecule has 0 bridgehead atoms. The largest absolute Gasteiger partial charge is 0.310 e. The number of aromatic nitrogens is 2. The summed E-state index contributed by atoms with van der Waals surface area (Å²) in [7, 11) is 0. The lowest BCUT2D eigenvalue weighted by molar-refractivity contribution is 1.18. The molecule has 0 radical (unpaired) electrons. The maximum absolute atomic E-state index is 2.40. The minimum Gasteiger partial charge on any atom is -0.310 e. The number of aryl methyl sites for hydroxylation is 1. The van der Waals surface area contributed by atoms with Crippen LogP contribution in [0.3, 0.4) is 0 Å². The Morgan fingerprint density at radius 2 is 0.724 bits per heavy atom. The van der Waals surface area contributed by atoms with Crippen LogP contribution in [-0.4, -0.2) is 9.13 Å². The number of para-hydroxylation sites is 4. The van der Waals surface area contributed by atoms with Gasteiger partial charge in [0.25, 0.3) is 0 Å². The van der Waals surface area contributed by atoms with Gasteiger partial charge in [0, 0.05) is 50.0 Å². The lowest BCUT2D eigenvalue weighted by Gasteiger charge is -2.26. The molecule has 9 aromatic carbocycles. The van der Waals surface area contributed by atoms with Gasteiger partial charge in [0.15, 0.2) is 0 Å². The van der Waals surface area contributed by atoms with E-state index in [4.69, 9.17) is 0 Å². The number of rotatable bonds is 7. The van der Waals surface area contributed by atoms with E-state index >= 15 is 0 Å². The highest BCUT2D eigenvalue weighted by molar-refractivity contribution is 6.12. The highest BCUT2D eigenvalue weighted by atomic mass is 15.1. The average molecular weight is 742 g/mol. The van der Waals surface area contributed by atoms with Crippen LogP contribution in [0.15, 0.2) is 218 Å². The summed E-state index contributed by atoms with van der Waals surface area (Å²) in [5, 5.41) is 5.01. The van der Waals surface area contributed by atoms with Gasteiger partial charge in [-0.15, -0.1) is 0 Å². The van der Waals surface area contributed by atoms with Gasteiger partial charge in [-0.05, 0) is 132 Å². The molecule has 0 aliphatic heterocycles. The van der Waals surface area contributed by atoms with Gasteiger partial charge >= 0.3 is 0 Å². The molecule has 0 aliphatic carbocycles. The molecule has 3 heteroatoms. The molecule has 0 spiro atoms. The van der Waals surface area contributed by atoms with E-state index in [0.717, 1.165) is 22.7 Å². The number of nitrogens with zero attached hydrogens (tertiary/aromatic N) is 3. The first-order valence-corrected chi connectivity index (χ1v) is 19.9. The molecule has 2 aromatic heterocycles. The maximum atomic E-state index is 2.40. The van der Waals surface area contributed by atoms with Gasteiger partial charge in [0.1, 0.15) is 0 Å². The van der Waals surface area contributed by atoms with Gasteiger partial charge < -0.3 is 14.0 Å². The first-order chi connectivity index (χ1) is 28.7. The van der Waals surface area contributed by atoms with Gasteiger partial charge in [0.2, 0.25) is 0 Å². The number of anilines is 3. The number of fused-ring (bicyclic) bond motifs is 6. The molecular formula is C55H39N3. The Bertz CT molecular complexity index is 3260. The molecule has 0 N–H and O–H groups in total. The summed E-state index contributed by atoms with van der Waals surface area (Å²) in [5.74, 6) is 0. The van der Waals surface area contributed by atoms with Crippen LogP contribution in [-0.2, 0) is 0 Å². The topological polar surface area (TPSA) is 13.1 Å². The van der Waals surface area contributed by atoms with E-state index in [1.54, 1.807) is 0 Å². The monoisotopic (exact) mass is 741 g/mol. The van der Waals surface area contributed by atoms with Crippen LogP contribution in [0.4, 0.5) is 17.1 Å². The molecule has 2 heterocycles. The molecule has 0 atom stereocenters. The zero-order valence-corrected chi connectivity index (χ0v) is 32.1. The van der Waals surface area contributed by atoms with Gasteiger partial charge in [-0.2, -0.15) is 0 Å². The zero-order chi connectivity index (χ0) is 38.6. The van der Waals surface area contributed by atoms with E-state index in [0.29, 0.717) is 0 Å². The number of benzene rings is 9. The Labute approximate surface area is 337 Å². The SMILES string of the molecule is Cc1cccc(N(c2ccccc2)c2ccc(-c3ccc(-n4c5ccccc5c5cc(-c6ccc7c(c6)c6ccccc6n7-c6ccccc6)ccc54)cc3)cc2)c1. The van der Waals surface area contributed by atoms with Crippen LogP contribution in [0.5, 0.6) is 0 Å². The lowest BCUT2D eigenvalue weighted by atomic mass is 10.0. The van der Waals surface area contributed by atoms with Crippen LogP contribution in [0.2, 0.25) is 0 Å². The molecule has 274 valence electrons. The van der Waals surface area contributed by atoms with Crippen LogP contribution < -0.4 is 4.90 Å². The molecule has 11 rings (SSSR count). The van der Waals surface area contributed by atoms with Crippen LogP contribution in [0.1, 0.15) is 5.56 Å². The van der Waals surface area contributed by atoms with Crippen molar-refractivity contribution >= 4 is 60.7 Å². The van der Waals surface area contributed by atoms with Crippen molar-refractivity contribution in [1.82, 2.24) is 9.13 Å². The summed E-state index contributed by atoms with van der Waals surface area (Å²) in [4.78, 5) is 2.32. The molecule has 0 amide bonds. The second-order valence-corrected chi connectivity index (χ2v) is 15.1. The third kappa shape index (κ3) is 5.67. The van der Waals surface area contributed by atoms with Gasteiger partial charge in [-0.1, -0.05) is 121 Å². The summed E-state index contributed by atoms with van der Waals surface area (Å²) in [6.45, 7) is 2.14. The molecule has 0 unspecified atom stereocenters. The standard InChI is InChI=1S/C55H39N3/c1-38-13-12-18-47(35-38)56(43-14-4-2-5-15-43)45-29-23-39(24-30-45)40-25-31-46(32-26-40)58-53-22-11-9-20-49(53)51-37-42(28-34-55(51)58)41-27-33-54-50(36-41)48-19-8-10-21-52(48)57(54)44-16-6-3-7-17-44/h2-37H,1H3. The Balaban J connectivity index is 0.948. The van der Waals surface area contributed by atoms with Crippen LogP contribution in [0.25, 0.3) is 77.2 Å². The minimum absolute atomic E-state index is 1.13. The van der Waals surface area contributed by atoms with E-state index in [-0.39, 0.29) is 0 Å². The Morgan fingerprint density at radius 3 is 1.29 bits per heavy atom. The van der Waals surface area contributed by atoms with Crippen molar-refractivity contribution in [1.29, 1.82) is 0 Å². The highest BCUT2D eigenvalue weighted by Crippen LogP contribution is 2.39. The van der Waals surface area contributed by atoms with Gasteiger partial charge in [0.05, 0.1) is 22.1 Å². The van der Waals surface area contributed by atoms with Crippen molar-refractivity contribution in [3.8, 4) is 33.6 Å². The molecule has 0 saturated carbocycles. The maximum Gasteiger partial charge on any atom is 0.0541 e. The fraction of sp³-hybridized carbons (Fsp3) is 0.0182. The average Bonchev–Trinajstić information content (AvgIpc) is 3.80. The Morgan fingerprint density at radius 1 is 0.293 bits per heavy atom. The highest BCUT2D eigenvalue weighted by Gasteiger charge is 2.17. The van der Waals surface area contributed by atoms with Gasteiger partial charge in [-0.25, -0.2) is 0 Å². The number of hydrogen-bond acceptors (Lipinski definition) is 1. The van der Waals surface area contributed by atoms with Crippen molar-refractivity contribution < 1.29 is 0 Å². The second kappa shape index (κ2) is 13.8. The van der Waals surface area contributed by atoms with E-state index in [1.807, 2.05) is 0 Å². The predicted molar refractivity (Wildman–Crippen MR) is 245 cm³/mol. The first-order valence-electron chi connectivity index (χ1n) is 19.9. The fourth-order valence-corrected chi connectivity index (χ4v) is 8.84. The Hall–Kier alpha value is -7.62. The fourth-order valence-electron chi connectivity index (χ4n) is 8.84. The van der Waals surface area contributed by atoms with Crippen molar-refractivity contribution in [3.63, 3.8) is 0 Å². The minimum atomic E-state index is 1.13. The molecule has 0 saturated heterocycles. The van der Waals surface area contributed by atoms with Crippen molar-refractivity contribution in [3.05, 3.63) is 224 Å². The molecule has 11 aromatic rings. The molecule has 0 aliphatic rings. The van der Waals surface area contributed by atoms with E-state index < -0.39 is 0 Å². The lowest BCUT2D eigenvalue weighted by Crippen LogP contribution is -2.09. The van der Waals surface area contributed by atoms with Crippen molar-refractivity contribution in [2.24, 2.45) is 0 Å². The van der Waals surface area contributed by atoms with Crippen LogP contribution >= 0.6 is 0 Å². The quantitative estimate of drug-likeness (QED) is 0.159. The smallest absolute Gasteiger partial charge is 0.0541 e. The summed E-state index contributed by atoms with van der Waals surface area (Å²) in [6.07, 6.45) is 0. The molecule has 3 nitrogen and oxygen atoms in total. The molecule has 0 fully saturated rings. The summed E-state index contributed by atoms with van der Waals surface area (Å²) < 4.78 is 4.77.